The van der Waals surface area contributed by atoms with Crippen molar-refractivity contribution in [3.05, 3.63) is 33.9 Å². The number of carbonyl (C=O) groups is 3. The van der Waals surface area contributed by atoms with E-state index in [2.05, 4.69) is 11.7 Å². The van der Waals surface area contributed by atoms with Crippen LogP contribution in [0.25, 0.3) is 0 Å². The number of amides is 3. The Balaban J connectivity index is 1.95. The van der Waals surface area contributed by atoms with Gasteiger partial charge in [-0.3, -0.25) is 20.2 Å². The van der Waals surface area contributed by atoms with Gasteiger partial charge < -0.3 is 15.0 Å². The van der Waals surface area contributed by atoms with E-state index < -0.39 is 42.2 Å². The van der Waals surface area contributed by atoms with Crippen LogP contribution in [0.1, 0.15) is 30.1 Å². The van der Waals surface area contributed by atoms with Crippen LogP contribution in [0.4, 0.5) is 29.3 Å². The van der Waals surface area contributed by atoms with Crippen molar-refractivity contribution in [3.63, 3.8) is 0 Å². The van der Waals surface area contributed by atoms with E-state index in [0.717, 1.165) is 18.9 Å². The van der Waals surface area contributed by atoms with Crippen molar-refractivity contribution in [2.75, 3.05) is 31.1 Å². The van der Waals surface area contributed by atoms with E-state index in [4.69, 9.17) is 0 Å². The van der Waals surface area contributed by atoms with Crippen molar-refractivity contribution in [1.29, 1.82) is 0 Å². The van der Waals surface area contributed by atoms with E-state index in [1.54, 1.807) is 5.32 Å². The minimum Gasteiger partial charge on any atom is -0.452 e. The molecule has 3 amide bonds. The van der Waals surface area contributed by atoms with Gasteiger partial charge in [0.05, 0.1) is 10.5 Å². The molecule has 10 nitrogen and oxygen atoms in total. The number of alkyl halides is 3. The van der Waals surface area contributed by atoms with Crippen molar-refractivity contribution in [2.24, 2.45) is 5.92 Å². The number of benzene rings is 1. The Labute approximate surface area is 174 Å². The molecule has 1 aromatic carbocycles. The number of ether oxygens (including phenoxy) is 1. The van der Waals surface area contributed by atoms with Crippen LogP contribution in [-0.4, -0.2) is 55.2 Å². The second-order valence-corrected chi connectivity index (χ2v) is 7.05. The summed E-state index contributed by atoms with van der Waals surface area (Å²) in [6.07, 6.45) is -2.89. The summed E-state index contributed by atoms with van der Waals surface area (Å²) in [5, 5.41) is 14.4. The summed E-state index contributed by atoms with van der Waals surface area (Å²) in [6.45, 7) is 0.779. The maximum absolute atomic E-state index is 12.1. The molecule has 0 unspecified atom stereocenters. The van der Waals surface area contributed by atoms with Crippen molar-refractivity contribution in [1.82, 2.24) is 10.6 Å². The van der Waals surface area contributed by atoms with Crippen molar-refractivity contribution in [3.8, 4) is 0 Å². The van der Waals surface area contributed by atoms with Gasteiger partial charge in [-0.2, -0.15) is 13.2 Å². The minimum absolute atomic E-state index is 0.185. The fourth-order valence-corrected chi connectivity index (χ4v) is 2.92. The highest BCUT2D eigenvalue weighted by Crippen LogP contribution is 2.32. The number of imide groups is 1. The second kappa shape index (κ2) is 10.1. The summed E-state index contributed by atoms with van der Waals surface area (Å²) in [5.74, 6) is -1.71. The zero-order valence-electron chi connectivity index (χ0n) is 16.5. The monoisotopic (exact) mass is 446 g/mol. The Morgan fingerprint density at radius 1 is 1.26 bits per heavy atom. The fraction of sp³-hybridized carbons (Fsp3) is 0.500. The molecule has 2 rings (SSSR count). The quantitative estimate of drug-likeness (QED) is 0.390. The lowest BCUT2D eigenvalue weighted by molar-refractivity contribution is -0.384. The van der Waals surface area contributed by atoms with Gasteiger partial charge in [0.1, 0.15) is 12.2 Å². The second-order valence-electron chi connectivity index (χ2n) is 7.05. The molecule has 1 saturated heterocycles. The smallest absolute Gasteiger partial charge is 0.405 e. The molecular formula is C18H21F3N4O6. The molecule has 31 heavy (non-hydrogen) atoms. The molecule has 0 aromatic heterocycles. The van der Waals surface area contributed by atoms with E-state index in [1.807, 2.05) is 4.90 Å². The first kappa shape index (κ1) is 23.9. The van der Waals surface area contributed by atoms with Gasteiger partial charge in [-0.15, -0.1) is 0 Å². The Hall–Kier alpha value is -3.38. The number of halogens is 3. The average Bonchev–Trinajstić information content (AvgIpc) is 2.70. The topological polar surface area (TPSA) is 131 Å². The van der Waals surface area contributed by atoms with Crippen LogP contribution in [0.15, 0.2) is 18.2 Å². The SMILES string of the molecule is CC1CCN(c2ccc(C(=O)OCC(=O)NC(=O)NCC(F)(F)F)cc2[N+](=O)[O-])CC1. The van der Waals surface area contributed by atoms with Crippen LogP contribution in [0.2, 0.25) is 0 Å². The number of anilines is 1. The van der Waals surface area contributed by atoms with Gasteiger partial charge in [-0.1, -0.05) is 6.92 Å². The predicted octanol–water partition coefficient (Wildman–Crippen LogP) is 2.38. The number of hydrogen-bond donors (Lipinski definition) is 2. The van der Waals surface area contributed by atoms with Crippen LogP contribution in [0.5, 0.6) is 0 Å². The van der Waals surface area contributed by atoms with Gasteiger partial charge in [0.15, 0.2) is 6.61 Å². The van der Waals surface area contributed by atoms with Crippen LogP contribution < -0.4 is 15.5 Å². The average molecular weight is 446 g/mol. The summed E-state index contributed by atoms with van der Waals surface area (Å²) in [4.78, 5) is 47.5. The van der Waals surface area contributed by atoms with Gasteiger partial charge >= 0.3 is 18.2 Å². The Morgan fingerprint density at radius 2 is 1.90 bits per heavy atom. The summed E-state index contributed by atoms with van der Waals surface area (Å²) in [6, 6.07) is 2.37. The standard InChI is InChI=1S/C18H21F3N4O6/c1-11-4-6-24(7-5-11)13-3-2-12(8-14(13)25(29)30)16(27)31-9-15(26)23-17(28)22-10-18(19,20)21/h2-3,8,11H,4-7,9-10H2,1H3,(H2,22,23,26,28). The molecule has 13 heteroatoms. The third kappa shape index (κ3) is 7.42. The molecule has 0 spiro atoms. The van der Waals surface area contributed by atoms with E-state index in [-0.39, 0.29) is 11.3 Å². The van der Waals surface area contributed by atoms with Gasteiger partial charge in [0, 0.05) is 19.2 Å². The number of nitrogens with zero attached hydrogens (tertiary/aromatic N) is 2. The van der Waals surface area contributed by atoms with Crippen LogP contribution in [0.3, 0.4) is 0 Å². The maximum Gasteiger partial charge on any atom is 0.405 e. The highest BCUT2D eigenvalue weighted by atomic mass is 19.4. The molecule has 1 heterocycles. The largest absolute Gasteiger partial charge is 0.452 e. The number of urea groups is 1. The number of nitrogens with one attached hydrogen (secondary N) is 2. The molecule has 0 atom stereocenters. The highest BCUT2D eigenvalue weighted by molar-refractivity contribution is 5.97. The van der Waals surface area contributed by atoms with Gasteiger partial charge in [-0.25, -0.2) is 9.59 Å². The van der Waals surface area contributed by atoms with Gasteiger partial charge in [0.2, 0.25) is 0 Å². The summed E-state index contributed by atoms with van der Waals surface area (Å²) in [5.41, 5.74) is -0.109. The Morgan fingerprint density at radius 3 is 2.48 bits per heavy atom. The lowest BCUT2D eigenvalue weighted by Crippen LogP contribution is -2.44. The number of rotatable bonds is 6. The van der Waals surface area contributed by atoms with Gasteiger partial charge in [0.25, 0.3) is 11.6 Å². The molecule has 2 N–H and O–H groups in total. The van der Waals surface area contributed by atoms with E-state index in [1.165, 1.54) is 17.4 Å². The van der Waals surface area contributed by atoms with Crippen LogP contribution >= 0.6 is 0 Å². The first-order chi connectivity index (χ1) is 14.5. The van der Waals surface area contributed by atoms with E-state index >= 15 is 0 Å². The minimum atomic E-state index is -4.65. The first-order valence-electron chi connectivity index (χ1n) is 9.31. The third-order valence-corrected chi connectivity index (χ3v) is 4.57. The van der Waals surface area contributed by atoms with Crippen molar-refractivity contribution >= 4 is 29.3 Å². The summed E-state index contributed by atoms with van der Waals surface area (Å²) >= 11 is 0. The number of hydrogen-bond acceptors (Lipinski definition) is 7. The zero-order valence-corrected chi connectivity index (χ0v) is 16.5. The Bertz CT molecular complexity index is 853. The molecule has 1 aromatic rings. The van der Waals surface area contributed by atoms with Crippen molar-refractivity contribution < 1.29 is 37.2 Å². The number of piperidine rings is 1. The molecule has 0 bridgehead atoms. The summed E-state index contributed by atoms with van der Waals surface area (Å²) < 4.78 is 40.7. The number of nitro groups is 1. The molecule has 1 aliphatic rings. The number of nitro benzene ring substituents is 1. The zero-order chi connectivity index (χ0) is 23.2. The molecule has 1 fully saturated rings. The third-order valence-electron chi connectivity index (χ3n) is 4.57. The van der Waals surface area contributed by atoms with Crippen molar-refractivity contribution in [2.45, 2.75) is 25.9 Å². The number of esters is 1. The molecule has 170 valence electrons. The van der Waals surface area contributed by atoms with Gasteiger partial charge in [-0.05, 0) is 30.9 Å². The molecule has 0 saturated carbocycles. The molecule has 1 aliphatic heterocycles. The Kier molecular flexibility index (Phi) is 7.78. The van der Waals surface area contributed by atoms with E-state index in [0.29, 0.717) is 24.7 Å². The lowest BCUT2D eigenvalue weighted by Gasteiger charge is -2.31. The summed E-state index contributed by atoms with van der Waals surface area (Å²) in [7, 11) is 0. The number of carbonyl (C=O) groups excluding carboxylic acids is 3. The fourth-order valence-electron chi connectivity index (χ4n) is 2.92. The normalized spacial score (nSPS) is 14.6. The molecule has 0 aliphatic carbocycles. The first-order valence-corrected chi connectivity index (χ1v) is 9.31. The predicted molar refractivity (Wildman–Crippen MR) is 102 cm³/mol. The highest BCUT2D eigenvalue weighted by Gasteiger charge is 2.28. The van der Waals surface area contributed by atoms with Crippen LogP contribution in [0, 0.1) is 16.0 Å². The van der Waals surface area contributed by atoms with E-state index in [9.17, 15) is 37.7 Å². The molecular weight excluding hydrogens is 425 g/mol. The molecule has 0 radical (unpaired) electrons. The lowest BCUT2D eigenvalue weighted by atomic mass is 9.98. The maximum atomic E-state index is 12.1. The van der Waals surface area contributed by atoms with Crippen LogP contribution in [-0.2, 0) is 9.53 Å².